The third-order valence-electron chi connectivity index (χ3n) is 2.25. The molecule has 0 aliphatic heterocycles. The van der Waals surface area contributed by atoms with Crippen LogP contribution >= 0.6 is 0 Å². The minimum atomic E-state index is 0.0237. The maximum absolute atomic E-state index is 11.1. The Morgan fingerprint density at radius 2 is 2.00 bits per heavy atom. The second-order valence-electron chi connectivity index (χ2n) is 3.46. The molecule has 0 saturated carbocycles. The average molecular weight is 226 g/mol. The second-order valence-corrected chi connectivity index (χ2v) is 3.46. The lowest BCUT2D eigenvalue weighted by molar-refractivity contribution is -0.608. The standard InChI is InChI=1S/C13H10N2O2/c14-9-12-8-13(6-7-15(12)16)17-10-11-4-2-1-3-5-11/h1-8H,10H2. The Morgan fingerprint density at radius 3 is 2.71 bits per heavy atom. The Hall–Kier alpha value is -2.54. The van der Waals surface area contributed by atoms with E-state index in [9.17, 15) is 5.21 Å². The summed E-state index contributed by atoms with van der Waals surface area (Å²) in [4.78, 5) is 0. The van der Waals surface area contributed by atoms with Gasteiger partial charge in [0.2, 0.25) is 0 Å². The van der Waals surface area contributed by atoms with E-state index in [0.717, 1.165) is 5.56 Å². The summed E-state index contributed by atoms with van der Waals surface area (Å²) in [6, 6.07) is 14.4. The van der Waals surface area contributed by atoms with Gasteiger partial charge in [-0.2, -0.15) is 9.99 Å². The first-order chi connectivity index (χ1) is 8.29. The molecule has 0 atom stereocenters. The third kappa shape index (κ3) is 2.73. The molecule has 0 unspecified atom stereocenters. The van der Waals surface area contributed by atoms with Crippen molar-refractivity contribution in [2.75, 3.05) is 0 Å². The molecule has 1 aromatic carbocycles. The van der Waals surface area contributed by atoms with Crippen molar-refractivity contribution in [1.82, 2.24) is 0 Å². The number of aromatic nitrogens is 1. The highest BCUT2D eigenvalue weighted by Gasteiger charge is 2.06. The van der Waals surface area contributed by atoms with Crippen LogP contribution in [0, 0.1) is 16.5 Å². The SMILES string of the molecule is N#Cc1cc(OCc2ccccc2)cc[n+]1[O-]. The summed E-state index contributed by atoms with van der Waals surface area (Å²) in [6.45, 7) is 0.411. The summed E-state index contributed by atoms with van der Waals surface area (Å²) in [5, 5.41) is 19.8. The molecular weight excluding hydrogens is 216 g/mol. The summed E-state index contributed by atoms with van der Waals surface area (Å²) in [5.41, 5.74) is 1.06. The van der Waals surface area contributed by atoms with Crippen molar-refractivity contribution in [1.29, 1.82) is 5.26 Å². The zero-order chi connectivity index (χ0) is 12.1. The Kier molecular flexibility index (Phi) is 3.22. The fraction of sp³-hybridized carbons (Fsp3) is 0.0769. The van der Waals surface area contributed by atoms with Crippen LogP contribution in [0.5, 0.6) is 5.75 Å². The van der Waals surface area contributed by atoms with E-state index < -0.39 is 0 Å². The van der Waals surface area contributed by atoms with Gasteiger partial charge in [0.1, 0.15) is 12.4 Å². The van der Waals surface area contributed by atoms with Gasteiger partial charge in [-0.15, -0.1) is 0 Å². The van der Waals surface area contributed by atoms with Crippen molar-refractivity contribution in [2.24, 2.45) is 0 Å². The molecule has 1 heterocycles. The fourth-order valence-corrected chi connectivity index (χ4v) is 1.38. The van der Waals surface area contributed by atoms with Crippen molar-refractivity contribution in [3.63, 3.8) is 0 Å². The molecule has 0 aliphatic carbocycles. The van der Waals surface area contributed by atoms with Crippen LogP contribution in [0.25, 0.3) is 0 Å². The van der Waals surface area contributed by atoms with E-state index in [2.05, 4.69) is 0 Å². The van der Waals surface area contributed by atoms with Crippen molar-refractivity contribution in [3.8, 4) is 11.8 Å². The van der Waals surface area contributed by atoms with Crippen molar-refractivity contribution in [2.45, 2.75) is 6.61 Å². The van der Waals surface area contributed by atoms with Gasteiger partial charge in [0.15, 0.2) is 12.3 Å². The van der Waals surface area contributed by atoms with Crippen LogP contribution < -0.4 is 9.47 Å². The molecule has 0 spiro atoms. The highest BCUT2D eigenvalue weighted by Crippen LogP contribution is 2.11. The van der Waals surface area contributed by atoms with Gasteiger partial charge in [0, 0.05) is 6.07 Å². The molecule has 2 aromatic rings. The van der Waals surface area contributed by atoms with E-state index in [-0.39, 0.29) is 5.69 Å². The molecule has 0 N–H and O–H groups in total. The number of ether oxygens (including phenoxy) is 1. The molecule has 0 fully saturated rings. The first-order valence-electron chi connectivity index (χ1n) is 5.09. The van der Waals surface area contributed by atoms with E-state index in [1.54, 1.807) is 6.07 Å². The molecule has 0 bridgehead atoms. The van der Waals surface area contributed by atoms with Crippen LogP contribution in [0.2, 0.25) is 0 Å². The van der Waals surface area contributed by atoms with E-state index in [0.29, 0.717) is 17.1 Å². The van der Waals surface area contributed by atoms with Crippen LogP contribution in [0.15, 0.2) is 48.7 Å². The van der Waals surface area contributed by atoms with Gasteiger partial charge in [-0.1, -0.05) is 30.3 Å². The minimum Gasteiger partial charge on any atom is -0.618 e. The summed E-state index contributed by atoms with van der Waals surface area (Å²) < 4.78 is 6.00. The number of nitrogens with zero attached hydrogens (tertiary/aromatic N) is 2. The third-order valence-corrected chi connectivity index (χ3v) is 2.25. The number of hydrogen-bond donors (Lipinski definition) is 0. The van der Waals surface area contributed by atoms with Gasteiger partial charge >= 0.3 is 0 Å². The molecule has 84 valence electrons. The average Bonchev–Trinajstić information content (AvgIpc) is 2.39. The Morgan fingerprint density at radius 1 is 1.24 bits per heavy atom. The van der Waals surface area contributed by atoms with Gasteiger partial charge in [-0.25, -0.2) is 0 Å². The lowest BCUT2D eigenvalue weighted by atomic mass is 10.2. The molecule has 4 heteroatoms. The summed E-state index contributed by atoms with van der Waals surface area (Å²) >= 11 is 0. The Bertz CT molecular complexity index is 547. The normalized spacial score (nSPS) is 9.59. The minimum absolute atomic E-state index is 0.0237. The van der Waals surface area contributed by atoms with Crippen molar-refractivity contribution in [3.05, 3.63) is 65.1 Å². The van der Waals surface area contributed by atoms with E-state index in [1.165, 1.54) is 18.3 Å². The van der Waals surface area contributed by atoms with Crippen LogP contribution in [0.1, 0.15) is 11.3 Å². The molecule has 0 saturated heterocycles. The predicted molar refractivity (Wildman–Crippen MR) is 60.9 cm³/mol. The van der Waals surface area contributed by atoms with Gasteiger partial charge in [0.05, 0.1) is 6.07 Å². The fourth-order valence-electron chi connectivity index (χ4n) is 1.38. The zero-order valence-corrected chi connectivity index (χ0v) is 9.04. The summed E-state index contributed by atoms with van der Waals surface area (Å²) in [5.74, 6) is 0.512. The number of hydrogen-bond acceptors (Lipinski definition) is 3. The molecular formula is C13H10N2O2. The first-order valence-corrected chi connectivity index (χ1v) is 5.09. The van der Waals surface area contributed by atoms with E-state index >= 15 is 0 Å². The summed E-state index contributed by atoms with van der Waals surface area (Å²) in [6.07, 6.45) is 1.26. The second kappa shape index (κ2) is 4.99. The zero-order valence-electron chi connectivity index (χ0n) is 9.04. The number of nitriles is 1. The van der Waals surface area contributed by atoms with Crippen LogP contribution in [0.3, 0.4) is 0 Å². The summed E-state index contributed by atoms with van der Waals surface area (Å²) in [7, 11) is 0. The highest BCUT2D eigenvalue weighted by molar-refractivity contribution is 5.26. The Labute approximate surface area is 98.9 Å². The lowest BCUT2D eigenvalue weighted by Crippen LogP contribution is -2.29. The smallest absolute Gasteiger partial charge is 0.298 e. The largest absolute Gasteiger partial charge is 0.618 e. The number of rotatable bonds is 3. The van der Waals surface area contributed by atoms with Gasteiger partial charge in [-0.3, -0.25) is 0 Å². The molecule has 0 amide bonds. The quantitative estimate of drug-likeness (QED) is 0.592. The van der Waals surface area contributed by atoms with Crippen LogP contribution in [-0.4, -0.2) is 0 Å². The highest BCUT2D eigenvalue weighted by atomic mass is 16.5. The molecule has 0 aliphatic rings. The maximum Gasteiger partial charge on any atom is 0.298 e. The van der Waals surface area contributed by atoms with Crippen molar-refractivity contribution < 1.29 is 9.47 Å². The molecule has 17 heavy (non-hydrogen) atoms. The topological polar surface area (TPSA) is 60.0 Å². The van der Waals surface area contributed by atoms with Gasteiger partial charge in [-0.05, 0) is 5.56 Å². The number of pyridine rings is 1. The van der Waals surface area contributed by atoms with E-state index in [1.807, 2.05) is 30.3 Å². The predicted octanol–water partition coefficient (Wildman–Crippen LogP) is 1.77. The molecule has 2 rings (SSSR count). The van der Waals surface area contributed by atoms with Gasteiger partial charge < -0.3 is 9.94 Å². The van der Waals surface area contributed by atoms with Gasteiger partial charge in [0.25, 0.3) is 5.69 Å². The van der Waals surface area contributed by atoms with Crippen LogP contribution in [0.4, 0.5) is 0 Å². The Balaban J connectivity index is 2.08. The van der Waals surface area contributed by atoms with Crippen molar-refractivity contribution >= 4 is 0 Å². The monoisotopic (exact) mass is 226 g/mol. The van der Waals surface area contributed by atoms with Crippen LogP contribution in [-0.2, 0) is 6.61 Å². The lowest BCUT2D eigenvalue weighted by Gasteiger charge is -2.06. The number of benzene rings is 1. The molecule has 0 radical (unpaired) electrons. The van der Waals surface area contributed by atoms with E-state index in [4.69, 9.17) is 10.00 Å². The first kappa shape index (κ1) is 11.0. The maximum atomic E-state index is 11.1. The molecule has 4 nitrogen and oxygen atoms in total. The molecule has 1 aromatic heterocycles.